The summed E-state index contributed by atoms with van der Waals surface area (Å²) in [5, 5.41) is -0.230. The molecule has 1 aliphatic heterocycles. The number of carbonyl (C=O) groups is 2. The normalized spacial score (nSPS) is 16.1. The summed E-state index contributed by atoms with van der Waals surface area (Å²) < 4.78 is 88.5. The third-order valence-corrected chi connectivity index (χ3v) is 8.40. The van der Waals surface area contributed by atoms with Crippen LogP contribution in [0.5, 0.6) is 5.75 Å². The van der Waals surface area contributed by atoms with Gasteiger partial charge >= 0.3 is 18.3 Å². The predicted octanol–water partition coefficient (Wildman–Crippen LogP) is 4.45. The molecule has 0 radical (unpaired) electrons. The zero-order chi connectivity index (χ0) is 38.0. The van der Waals surface area contributed by atoms with Crippen molar-refractivity contribution >= 4 is 40.5 Å². The van der Waals surface area contributed by atoms with Crippen molar-refractivity contribution in [2.75, 3.05) is 58.9 Å². The van der Waals surface area contributed by atoms with Crippen LogP contribution < -0.4 is 10.5 Å². The van der Waals surface area contributed by atoms with Crippen LogP contribution in [0.15, 0.2) is 60.9 Å². The highest BCUT2D eigenvalue weighted by Crippen LogP contribution is 2.30. The molecule has 19 heteroatoms. The van der Waals surface area contributed by atoms with Crippen LogP contribution in [0, 0.1) is 0 Å². The summed E-state index contributed by atoms with van der Waals surface area (Å²) in [7, 11) is 1.26. The van der Waals surface area contributed by atoms with Gasteiger partial charge in [-0.15, -0.1) is 13.2 Å². The van der Waals surface area contributed by atoms with E-state index in [-0.39, 0.29) is 41.0 Å². The van der Waals surface area contributed by atoms with Gasteiger partial charge in [-0.3, -0.25) is 9.47 Å². The van der Waals surface area contributed by atoms with Gasteiger partial charge in [0.2, 0.25) is 5.28 Å². The van der Waals surface area contributed by atoms with Crippen molar-refractivity contribution < 1.29 is 55.6 Å². The number of hydrogen-bond donors (Lipinski definition) is 1. The number of methoxy groups -OCH3 is 1. The van der Waals surface area contributed by atoms with Gasteiger partial charge in [-0.25, -0.2) is 19.0 Å². The Morgan fingerprint density at radius 2 is 1.74 bits per heavy atom. The van der Waals surface area contributed by atoms with Crippen LogP contribution in [-0.2, 0) is 46.3 Å². The fourth-order valence-electron chi connectivity index (χ4n) is 5.50. The van der Waals surface area contributed by atoms with Crippen molar-refractivity contribution in [2.24, 2.45) is 0 Å². The van der Waals surface area contributed by atoms with Crippen molar-refractivity contribution in [3.63, 3.8) is 0 Å². The van der Waals surface area contributed by atoms with Gasteiger partial charge in [-0.2, -0.15) is 9.97 Å². The molecule has 0 bridgehead atoms. The molecule has 3 heterocycles. The Balaban J connectivity index is 1.44. The molecule has 286 valence electrons. The molecule has 2 aromatic heterocycles. The number of fused-ring (bicyclic) bond motifs is 1. The smallest absolute Gasteiger partial charge is 0.462 e. The molecule has 0 saturated carbocycles. The fourth-order valence-corrected chi connectivity index (χ4v) is 5.67. The van der Waals surface area contributed by atoms with Crippen LogP contribution >= 0.6 is 11.6 Å². The molecule has 4 aromatic rings. The number of imidazole rings is 1. The number of anilines is 1. The average molecular weight is 769 g/mol. The van der Waals surface area contributed by atoms with E-state index in [0.29, 0.717) is 38.4 Å². The summed E-state index contributed by atoms with van der Waals surface area (Å²) >= 11 is 5.93. The van der Waals surface area contributed by atoms with E-state index in [1.54, 1.807) is 30.3 Å². The molecule has 1 fully saturated rings. The lowest BCUT2D eigenvalue weighted by Gasteiger charge is -2.32. The third-order valence-electron chi connectivity index (χ3n) is 8.23. The maximum Gasteiger partial charge on any atom is 0.573 e. The van der Waals surface area contributed by atoms with E-state index in [1.807, 2.05) is 4.90 Å². The molecular formula is C34H37ClF4N6O8. The van der Waals surface area contributed by atoms with Crippen LogP contribution in [0.2, 0.25) is 5.28 Å². The Kier molecular flexibility index (Phi) is 13.4. The first-order valence-electron chi connectivity index (χ1n) is 16.4. The molecule has 3 atom stereocenters. The van der Waals surface area contributed by atoms with Gasteiger partial charge in [0.1, 0.15) is 24.5 Å². The molecule has 2 aromatic carbocycles. The van der Waals surface area contributed by atoms with Crippen LogP contribution in [-0.4, -0.2) is 108 Å². The highest BCUT2D eigenvalue weighted by Gasteiger charge is 2.51. The number of benzene rings is 2. The molecule has 14 nitrogen and oxygen atoms in total. The van der Waals surface area contributed by atoms with Gasteiger partial charge in [0, 0.05) is 39.6 Å². The zero-order valence-electron chi connectivity index (χ0n) is 28.5. The van der Waals surface area contributed by atoms with Crippen LogP contribution in [0.4, 0.5) is 23.4 Å². The van der Waals surface area contributed by atoms with Crippen molar-refractivity contribution in [1.82, 2.24) is 24.4 Å². The lowest BCUT2D eigenvalue weighted by Crippen LogP contribution is -2.54. The number of hydrogen-bond acceptors (Lipinski definition) is 13. The van der Waals surface area contributed by atoms with E-state index in [9.17, 15) is 22.8 Å². The topological polar surface area (TPSA) is 162 Å². The maximum atomic E-state index is 15.9. The summed E-state index contributed by atoms with van der Waals surface area (Å²) in [6.07, 6.45) is -7.91. The molecule has 1 aliphatic rings. The number of rotatable bonds is 17. The standard InChI is InChI=1S/C34H37ClF4N6O8/c1-48-25(17-26(36)45-21-41-27-28(40)42-32(35)43-29(27)45)20-52-33(31(47)51-19-22-6-3-2-4-7-22,30(46)50-15-12-44-10-13-49-14-11-44)18-23-8-5-9-24(16-23)53-34(37,38)39/h2-9,16,21,25-26H,10-15,17-20H2,1H3,(H2,40,42,43)/t25-,26+,33?/m0/s1. The first kappa shape index (κ1) is 39.6. The number of esters is 2. The number of carbonyl (C=O) groups excluding carboxylic acids is 2. The molecular weight excluding hydrogens is 732 g/mol. The minimum atomic E-state index is -5.02. The maximum absolute atomic E-state index is 15.9. The molecule has 0 amide bonds. The highest BCUT2D eigenvalue weighted by molar-refractivity contribution is 6.28. The Labute approximate surface area is 306 Å². The van der Waals surface area contributed by atoms with E-state index in [1.165, 1.54) is 19.2 Å². The summed E-state index contributed by atoms with van der Waals surface area (Å²) in [4.78, 5) is 42.1. The Morgan fingerprint density at radius 1 is 1.02 bits per heavy atom. The summed E-state index contributed by atoms with van der Waals surface area (Å²) in [5.41, 5.74) is 3.98. The van der Waals surface area contributed by atoms with Gasteiger partial charge in [-0.05, 0) is 34.9 Å². The Morgan fingerprint density at radius 3 is 2.45 bits per heavy atom. The number of nitrogens with two attached hydrogens (primary N) is 1. The first-order valence-corrected chi connectivity index (χ1v) is 16.7. The summed E-state index contributed by atoms with van der Waals surface area (Å²) in [5.74, 6) is -3.04. The highest BCUT2D eigenvalue weighted by atomic mass is 35.5. The number of aromatic nitrogens is 4. The monoisotopic (exact) mass is 768 g/mol. The lowest BCUT2D eigenvalue weighted by atomic mass is 9.93. The number of nitrogens with zero attached hydrogens (tertiary/aromatic N) is 5. The summed E-state index contributed by atoms with van der Waals surface area (Å²) in [6.45, 7) is 1.39. The number of ether oxygens (including phenoxy) is 6. The molecule has 2 N–H and O–H groups in total. The fraction of sp³-hybridized carbons (Fsp3) is 0.441. The van der Waals surface area contributed by atoms with Gasteiger partial charge < -0.3 is 34.2 Å². The van der Waals surface area contributed by atoms with Crippen LogP contribution in [0.3, 0.4) is 0 Å². The van der Waals surface area contributed by atoms with E-state index >= 15 is 4.39 Å². The number of alkyl halides is 4. The van der Waals surface area contributed by atoms with Gasteiger partial charge in [0.15, 0.2) is 17.8 Å². The second-order valence-corrected chi connectivity index (χ2v) is 12.2. The molecule has 0 spiro atoms. The van der Waals surface area contributed by atoms with Gasteiger partial charge in [0.05, 0.1) is 32.3 Å². The van der Waals surface area contributed by atoms with E-state index in [4.69, 9.17) is 41.0 Å². The van der Waals surface area contributed by atoms with Crippen molar-refractivity contribution in [3.8, 4) is 5.75 Å². The number of morpholine rings is 1. The quantitative estimate of drug-likeness (QED) is 0.0695. The Hall–Kier alpha value is -4.62. The minimum absolute atomic E-state index is 0.00871. The number of halogens is 5. The molecule has 5 rings (SSSR count). The first-order chi connectivity index (χ1) is 25.4. The molecule has 1 unspecified atom stereocenters. The SMILES string of the molecule is CO[C@H](COC(Cc1cccc(OC(F)(F)F)c1)(C(=O)OCCN1CCOCC1)C(=O)OCc1ccccc1)C[C@H](F)n1cnc2c(N)nc(Cl)nc21. The van der Waals surface area contributed by atoms with E-state index in [2.05, 4.69) is 19.7 Å². The average Bonchev–Trinajstić information content (AvgIpc) is 3.56. The summed E-state index contributed by atoms with van der Waals surface area (Å²) in [6, 6.07) is 13.2. The Bertz CT molecular complexity index is 1830. The van der Waals surface area contributed by atoms with Crippen molar-refractivity contribution in [3.05, 3.63) is 77.3 Å². The van der Waals surface area contributed by atoms with Crippen LogP contribution in [0.25, 0.3) is 11.2 Å². The third kappa shape index (κ3) is 10.7. The lowest BCUT2D eigenvalue weighted by molar-refractivity contribution is -0.274. The molecule has 53 heavy (non-hydrogen) atoms. The minimum Gasteiger partial charge on any atom is -0.462 e. The van der Waals surface area contributed by atoms with Crippen molar-refractivity contribution in [1.29, 1.82) is 0 Å². The predicted molar refractivity (Wildman–Crippen MR) is 180 cm³/mol. The van der Waals surface area contributed by atoms with Crippen LogP contribution in [0.1, 0.15) is 23.8 Å². The number of nitrogen functional groups attached to an aromatic ring is 1. The second-order valence-electron chi connectivity index (χ2n) is 11.9. The zero-order valence-corrected chi connectivity index (χ0v) is 29.2. The molecule has 0 aliphatic carbocycles. The van der Waals surface area contributed by atoms with Gasteiger partial charge in [0.25, 0.3) is 5.60 Å². The molecule has 1 saturated heterocycles. The van der Waals surface area contributed by atoms with Crippen molar-refractivity contribution in [2.45, 2.75) is 43.8 Å². The van der Waals surface area contributed by atoms with E-state index in [0.717, 1.165) is 23.0 Å². The largest absolute Gasteiger partial charge is 0.573 e. The van der Waals surface area contributed by atoms with E-state index < -0.39 is 61.5 Å². The second kappa shape index (κ2) is 17.9. The van der Waals surface area contributed by atoms with Gasteiger partial charge in [-0.1, -0.05) is 42.5 Å².